The van der Waals surface area contributed by atoms with Crippen LogP contribution in [0, 0.1) is 0 Å². The van der Waals surface area contributed by atoms with E-state index in [0.29, 0.717) is 5.56 Å². The molecule has 1 aromatic carbocycles. The van der Waals surface area contributed by atoms with E-state index >= 15 is 0 Å². The predicted molar refractivity (Wildman–Crippen MR) is 58.8 cm³/mol. The molecule has 1 saturated carbocycles. The van der Waals surface area contributed by atoms with Crippen LogP contribution in [0.5, 0.6) is 0 Å². The minimum atomic E-state index is -4.29. The van der Waals surface area contributed by atoms with Gasteiger partial charge in [-0.25, -0.2) is 0 Å². The van der Waals surface area contributed by atoms with Gasteiger partial charge < -0.3 is 5.32 Å². The van der Waals surface area contributed by atoms with E-state index in [1.165, 1.54) is 24.3 Å². The van der Waals surface area contributed by atoms with Crippen LogP contribution in [-0.2, 0) is 0 Å². The number of thioether (sulfide) groups is 1. The van der Waals surface area contributed by atoms with Crippen molar-refractivity contribution in [2.45, 2.75) is 29.3 Å². The first-order valence-electron chi connectivity index (χ1n) is 5.11. The Labute approximate surface area is 101 Å². The monoisotopic (exact) mass is 261 g/mol. The zero-order chi connectivity index (χ0) is 12.5. The molecule has 1 aliphatic carbocycles. The van der Waals surface area contributed by atoms with Crippen LogP contribution in [-0.4, -0.2) is 17.5 Å². The van der Waals surface area contributed by atoms with Crippen LogP contribution < -0.4 is 5.32 Å². The van der Waals surface area contributed by atoms with E-state index in [1.54, 1.807) is 0 Å². The van der Waals surface area contributed by atoms with Crippen molar-refractivity contribution in [3.8, 4) is 0 Å². The molecule has 92 valence electrons. The molecule has 0 heterocycles. The van der Waals surface area contributed by atoms with Gasteiger partial charge in [-0.1, -0.05) is 0 Å². The van der Waals surface area contributed by atoms with Gasteiger partial charge in [0, 0.05) is 16.5 Å². The highest BCUT2D eigenvalue weighted by atomic mass is 32.2. The van der Waals surface area contributed by atoms with Crippen LogP contribution in [0.1, 0.15) is 23.2 Å². The number of amides is 1. The minimum absolute atomic E-state index is 0.0838. The summed E-state index contributed by atoms with van der Waals surface area (Å²) in [5.74, 6) is -0.226. The fourth-order valence-electron chi connectivity index (χ4n) is 1.30. The highest BCUT2D eigenvalue weighted by molar-refractivity contribution is 8.00. The highest BCUT2D eigenvalue weighted by Crippen LogP contribution is 2.36. The van der Waals surface area contributed by atoms with E-state index in [4.69, 9.17) is 0 Å². The third-order valence-corrected chi connectivity index (χ3v) is 3.00. The molecule has 2 rings (SSSR count). The Morgan fingerprint density at radius 2 is 1.82 bits per heavy atom. The number of hydrogen-bond acceptors (Lipinski definition) is 2. The molecule has 0 unspecified atom stereocenters. The Kier molecular flexibility index (Phi) is 3.33. The SMILES string of the molecule is O=C(NC1CC1)c1ccc(SC(F)(F)F)cc1. The Hall–Kier alpha value is -1.17. The first kappa shape index (κ1) is 12.3. The average Bonchev–Trinajstić information content (AvgIpc) is 3.00. The summed E-state index contributed by atoms with van der Waals surface area (Å²) in [6.45, 7) is 0. The molecule has 1 aliphatic rings. The Balaban J connectivity index is 1.99. The predicted octanol–water partition coefficient (Wildman–Crippen LogP) is 3.19. The number of halogens is 3. The standard InChI is InChI=1S/C11H10F3NOS/c12-11(13,14)17-9-5-1-7(2-6-9)10(16)15-8-3-4-8/h1-2,5-6,8H,3-4H2,(H,15,16). The summed E-state index contributed by atoms with van der Waals surface area (Å²) in [4.78, 5) is 11.6. The van der Waals surface area contributed by atoms with E-state index in [9.17, 15) is 18.0 Å². The third-order valence-electron chi connectivity index (χ3n) is 2.26. The van der Waals surface area contributed by atoms with Gasteiger partial charge in [0.2, 0.25) is 0 Å². The van der Waals surface area contributed by atoms with Crippen molar-refractivity contribution in [2.75, 3.05) is 0 Å². The average molecular weight is 261 g/mol. The van der Waals surface area contributed by atoms with Crippen molar-refractivity contribution in [2.24, 2.45) is 0 Å². The lowest BCUT2D eigenvalue weighted by molar-refractivity contribution is -0.0328. The minimum Gasteiger partial charge on any atom is -0.349 e. The largest absolute Gasteiger partial charge is 0.446 e. The Morgan fingerprint density at radius 3 is 2.29 bits per heavy atom. The van der Waals surface area contributed by atoms with Crippen LogP contribution in [0.4, 0.5) is 13.2 Å². The molecule has 2 nitrogen and oxygen atoms in total. The van der Waals surface area contributed by atoms with Crippen molar-refractivity contribution in [3.63, 3.8) is 0 Å². The zero-order valence-corrected chi connectivity index (χ0v) is 9.57. The molecule has 0 spiro atoms. The molecule has 1 fully saturated rings. The summed E-state index contributed by atoms with van der Waals surface area (Å²) >= 11 is -0.184. The quantitative estimate of drug-likeness (QED) is 0.847. The second-order valence-corrected chi connectivity index (χ2v) is 4.96. The molecular weight excluding hydrogens is 251 g/mol. The molecule has 17 heavy (non-hydrogen) atoms. The molecule has 1 amide bonds. The number of benzene rings is 1. The zero-order valence-electron chi connectivity index (χ0n) is 8.75. The molecule has 1 N–H and O–H groups in total. The summed E-state index contributed by atoms with van der Waals surface area (Å²) in [7, 11) is 0. The van der Waals surface area contributed by atoms with Gasteiger partial charge in [0.1, 0.15) is 0 Å². The fraction of sp³-hybridized carbons (Fsp3) is 0.364. The first-order valence-corrected chi connectivity index (χ1v) is 5.92. The first-order chi connectivity index (χ1) is 7.94. The second kappa shape index (κ2) is 4.60. The molecule has 0 bridgehead atoms. The van der Waals surface area contributed by atoms with E-state index in [2.05, 4.69) is 5.32 Å². The molecule has 0 radical (unpaired) electrons. The molecule has 6 heteroatoms. The van der Waals surface area contributed by atoms with Crippen LogP contribution >= 0.6 is 11.8 Å². The summed E-state index contributed by atoms with van der Waals surface area (Å²) in [5, 5.41) is 2.77. The van der Waals surface area contributed by atoms with Gasteiger partial charge in [-0.15, -0.1) is 0 Å². The number of hydrogen-bond donors (Lipinski definition) is 1. The lowest BCUT2D eigenvalue weighted by Gasteiger charge is -2.06. The number of alkyl halides is 3. The molecule has 0 aliphatic heterocycles. The van der Waals surface area contributed by atoms with Gasteiger partial charge in [-0.3, -0.25) is 4.79 Å². The number of nitrogens with one attached hydrogen (secondary N) is 1. The Bertz CT molecular complexity index is 412. The molecule has 1 aromatic rings. The maximum Gasteiger partial charge on any atom is 0.446 e. The molecule has 0 aromatic heterocycles. The van der Waals surface area contributed by atoms with Gasteiger partial charge in [0.25, 0.3) is 5.91 Å². The van der Waals surface area contributed by atoms with E-state index < -0.39 is 5.51 Å². The number of carbonyl (C=O) groups is 1. The highest BCUT2D eigenvalue weighted by Gasteiger charge is 2.29. The Morgan fingerprint density at radius 1 is 1.24 bits per heavy atom. The summed E-state index contributed by atoms with van der Waals surface area (Å²) in [6.07, 6.45) is 1.96. The van der Waals surface area contributed by atoms with Crippen LogP contribution in [0.15, 0.2) is 29.2 Å². The van der Waals surface area contributed by atoms with Crippen LogP contribution in [0.3, 0.4) is 0 Å². The summed E-state index contributed by atoms with van der Waals surface area (Å²) in [5.41, 5.74) is -3.90. The fourth-order valence-corrected chi connectivity index (χ4v) is 1.84. The number of rotatable bonds is 3. The molecular formula is C11H10F3NOS. The third kappa shape index (κ3) is 3.96. The van der Waals surface area contributed by atoms with Crippen LogP contribution in [0.2, 0.25) is 0 Å². The van der Waals surface area contributed by atoms with Gasteiger partial charge in [-0.2, -0.15) is 13.2 Å². The maximum absolute atomic E-state index is 12.1. The van der Waals surface area contributed by atoms with E-state index in [-0.39, 0.29) is 28.6 Å². The van der Waals surface area contributed by atoms with Gasteiger partial charge in [0.15, 0.2) is 0 Å². The van der Waals surface area contributed by atoms with E-state index in [1.807, 2.05) is 0 Å². The van der Waals surface area contributed by atoms with Crippen molar-refractivity contribution in [3.05, 3.63) is 29.8 Å². The van der Waals surface area contributed by atoms with Gasteiger partial charge in [-0.05, 0) is 48.9 Å². The number of carbonyl (C=O) groups excluding carboxylic acids is 1. The molecule has 0 atom stereocenters. The lowest BCUT2D eigenvalue weighted by Crippen LogP contribution is -2.25. The van der Waals surface area contributed by atoms with Gasteiger partial charge >= 0.3 is 5.51 Å². The van der Waals surface area contributed by atoms with E-state index in [0.717, 1.165) is 12.8 Å². The van der Waals surface area contributed by atoms with Crippen molar-refractivity contribution in [1.29, 1.82) is 0 Å². The topological polar surface area (TPSA) is 29.1 Å². The van der Waals surface area contributed by atoms with Crippen molar-refractivity contribution in [1.82, 2.24) is 5.32 Å². The summed E-state index contributed by atoms with van der Waals surface area (Å²) < 4.78 is 36.2. The van der Waals surface area contributed by atoms with Crippen molar-refractivity contribution < 1.29 is 18.0 Å². The van der Waals surface area contributed by atoms with Crippen LogP contribution in [0.25, 0.3) is 0 Å². The lowest BCUT2D eigenvalue weighted by atomic mass is 10.2. The maximum atomic E-state index is 12.1. The smallest absolute Gasteiger partial charge is 0.349 e. The van der Waals surface area contributed by atoms with Crippen molar-refractivity contribution >= 4 is 17.7 Å². The summed E-state index contributed by atoms with van der Waals surface area (Å²) in [6, 6.07) is 5.67. The van der Waals surface area contributed by atoms with Gasteiger partial charge in [0.05, 0.1) is 0 Å². The molecule has 0 saturated heterocycles. The second-order valence-electron chi connectivity index (χ2n) is 3.82. The normalized spacial score (nSPS) is 15.7.